The van der Waals surface area contributed by atoms with Crippen LogP contribution in [0.3, 0.4) is 0 Å². The van der Waals surface area contributed by atoms with Gasteiger partial charge in [0.2, 0.25) is 0 Å². The minimum atomic E-state index is -0.498. The molecule has 2 bridgehead atoms. The standard InChI is InChI=1S/C27H33NO2/c1-25(2)26(3)15-16-27(25,4)23(18-26)28-22(17-20-11-7-5-8-12-20)24(29)30-19-21-13-9-6-10-14-21/h5-14,22H,15-19H2,1-4H3/t22-,26+,27-/m0/s1. The molecular weight excluding hydrogens is 370 g/mol. The summed E-state index contributed by atoms with van der Waals surface area (Å²) in [5.74, 6) is -0.232. The minimum Gasteiger partial charge on any atom is -0.459 e. The predicted octanol–water partition coefficient (Wildman–Crippen LogP) is 6.02. The van der Waals surface area contributed by atoms with E-state index in [1.165, 1.54) is 12.1 Å². The number of rotatable bonds is 6. The van der Waals surface area contributed by atoms with Crippen molar-refractivity contribution in [2.24, 2.45) is 21.2 Å². The van der Waals surface area contributed by atoms with Crippen LogP contribution in [0.25, 0.3) is 0 Å². The fourth-order valence-electron chi connectivity index (χ4n) is 5.42. The average Bonchev–Trinajstić information content (AvgIpc) is 3.01. The van der Waals surface area contributed by atoms with Crippen molar-refractivity contribution in [3.63, 3.8) is 0 Å². The maximum atomic E-state index is 13.1. The Balaban J connectivity index is 1.59. The first kappa shape index (κ1) is 20.8. The zero-order chi connectivity index (χ0) is 21.4. The van der Waals surface area contributed by atoms with Crippen molar-refractivity contribution in [3.05, 3.63) is 71.8 Å². The Morgan fingerprint density at radius 3 is 2.07 bits per heavy atom. The van der Waals surface area contributed by atoms with Crippen molar-refractivity contribution < 1.29 is 9.53 Å². The summed E-state index contributed by atoms with van der Waals surface area (Å²) in [6.07, 6.45) is 3.93. The van der Waals surface area contributed by atoms with Crippen molar-refractivity contribution >= 4 is 11.7 Å². The predicted molar refractivity (Wildman–Crippen MR) is 121 cm³/mol. The Morgan fingerprint density at radius 1 is 0.933 bits per heavy atom. The third kappa shape index (κ3) is 3.49. The minimum absolute atomic E-state index is 0.0520. The van der Waals surface area contributed by atoms with Crippen molar-refractivity contribution in [3.8, 4) is 0 Å². The van der Waals surface area contributed by atoms with E-state index >= 15 is 0 Å². The molecule has 3 nitrogen and oxygen atoms in total. The third-order valence-corrected chi connectivity index (χ3v) is 8.34. The van der Waals surface area contributed by atoms with Gasteiger partial charge in [0.25, 0.3) is 0 Å². The molecule has 0 spiro atoms. The van der Waals surface area contributed by atoms with E-state index in [1.807, 2.05) is 48.5 Å². The Morgan fingerprint density at radius 2 is 1.53 bits per heavy atom. The van der Waals surface area contributed by atoms with Crippen LogP contribution in [-0.4, -0.2) is 17.7 Å². The van der Waals surface area contributed by atoms with Crippen molar-refractivity contribution in [1.82, 2.24) is 0 Å². The number of hydrogen-bond acceptors (Lipinski definition) is 3. The normalized spacial score (nSPS) is 29.1. The van der Waals surface area contributed by atoms with Gasteiger partial charge in [0.15, 0.2) is 6.04 Å². The molecule has 0 amide bonds. The summed E-state index contributed by atoms with van der Waals surface area (Å²) in [5, 5.41) is 0. The summed E-state index contributed by atoms with van der Waals surface area (Å²) >= 11 is 0. The lowest BCUT2D eigenvalue weighted by Gasteiger charge is -2.38. The van der Waals surface area contributed by atoms with Gasteiger partial charge in [0.1, 0.15) is 6.61 Å². The van der Waals surface area contributed by atoms with Gasteiger partial charge in [-0.05, 0) is 41.2 Å². The lowest BCUT2D eigenvalue weighted by Crippen LogP contribution is -2.36. The SMILES string of the molecule is CC1(C)[C@]2(C)CC[C@@]1(C)C(=N[C@@H](Cc1ccccc1)C(=O)OCc1ccccc1)C2. The third-order valence-electron chi connectivity index (χ3n) is 8.34. The Labute approximate surface area is 180 Å². The first-order chi connectivity index (χ1) is 14.3. The van der Waals surface area contributed by atoms with Crippen molar-refractivity contribution in [2.75, 3.05) is 0 Å². The van der Waals surface area contributed by atoms with Gasteiger partial charge in [-0.15, -0.1) is 0 Å². The topological polar surface area (TPSA) is 38.7 Å². The summed E-state index contributed by atoms with van der Waals surface area (Å²) in [4.78, 5) is 18.3. The lowest BCUT2D eigenvalue weighted by atomic mass is 9.66. The average molecular weight is 404 g/mol. The molecule has 0 aliphatic heterocycles. The first-order valence-corrected chi connectivity index (χ1v) is 11.1. The highest BCUT2D eigenvalue weighted by molar-refractivity contribution is 5.96. The molecule has 3 atom stereocenters. The molecule has 0 saturated heterocycles. The number of fused-ring (bicyclic) bond motifs is 2. The van der Waals surface area contributed by atoms with E-state index < -0.39 is 6.04 Å². The van der Waals surface area contributed by atoms with Gasteiger partial charge < -0.3 is 4.74 Å². The molecule has 0 unspecified atom stereocenters. The first-order valence-electron chi connectivity index (χ1n) is 11.1. The summed E-state index contributed by atoms with van der Waals surface area (Å²) < 4.78 is 5.72. The van der Waals surface area contributed by atoms with Crippen LogP contribution >= 0.6 is 0 Å². The fourth-order valence-corrected chi connectivity index (χ4v) is 5.42. The zero-order valence-electron chi connectivity index (χ0n) is 18.7. The summed E-state index contributed by atoms with van der Waals surface area (Å²) in [6, 6.07) is 19.5. The van der Waals surface area contributed by atoms with Crippen LogP contribution in [0.15, 0.2) is 65.7 Å². The highest BCUT2D eigenvalue weighted by Gasteiger charge is 2.66. The Hall–Kier alpha value is -2.42. The number of nitrogens with zero attached hydrogens (tertiary/aromatic N) is 1. The maximum Gasteiger partial charge on any atom is 0.331 e. The smallest absolute Gasteiger partial charge is 0.331 e. The Bertz CT molecular complexity index is 934. The molecule has 0 heterocycles. The van der Waals surface area contributed by atoms with Crippen LogP contribution in [0.2, 0.25) is 0 Å². The van der Waals surface area contributed by atoms with Crippen LogP contribution in [0, 0.1) is 16.2 Å². The summed E-state index contributed by atoms with van der Waals surface area (Å²) in [7, 11) is 0. The highest BCUT2D eigenvalue weighted by Crippen LogP contribution is 2.70. The van der Waals surface area contributed by atoms with Gasteiger partial charge in [-0.25, -0.2) is 4.79 Å². The van der Waals surface area contributed by atoms with E-state index in [4.69, 9.17) is 9.73 Å². The van der Waals surface area contributed by atoms with Gasteiger partial charge in [-0.1, -0.05) is 88.4 Å². The summed E-state index contributed by atoms with van der Waals surface area (Å²) in [6.45, 7) is 9.78. The van der Waals surface area contributed by atoms with E-state index in [0.717, 1.165) is 24.0 Å². The molecule has 0 N–H and O–H groups in total. The fraction of sp³-hybridized carbons (Fsp3) is 0.481. The quantitative estimate of drug-likeness (QED) is 0.553. The number of benzene rings is 2. The van der Waals surface area contributed by atoms with Crippen molar-refractivity contribution in [2.45, 2.75) is 66.0 Å². The molecule has 2 aromatic carbocycles. The van der Waals surface area contributed by atoms with Crippen LogP contribution in [0.5, 0.6) is 0 Å². The molecule has 0 radical (unpaired) electrons. The number of aliphatic imine (C=N–C) groups is 1. The molecule has 2 aliphatic carbocycles. The second-order valence-electron chi connectivity index (χ2n) is 10.1. The van der Waals surface area contributed by atoms with Gasteiger partial charge in [-0.2, -0.15) is 0 Å². The lowest BCUT2D eigenvalue weighted by molar-refractivity contribution is -0.146. The highest BCUT2D eigenvalue weighted by atomic mass is 16.5. The van der Waals surface area contributed by atoms with Crippen LogP contribution < -0.4 is 0 Å². The largest absolute Gasteiger partial charge is 0.459 e. The molecular formula is C27H33NO2. The molecule has 4 rings (SSSR count). The molecule has 158 valence electrons. The van der Waals surface area contributed by atoms with E-state index in [-0.39, 0.29) is 28.8 Å². The van der Waals surface area contributed by atoms with Crippen LogP contribution in [0.1, 0.15) is 58.1 Å². The second-order valence-corrected chi connectivity index (χ2v) is 10.1. The molecule has 2 aliphatic rings. The number of hydrogen-bond donors (Lipinski definition) is 0. The van der Waals surface area contributed by atoms with Crippen LogP contribution in [0.4, 0.5) is 0 Å². The van der Waals surface area contributed by atoms with Crippen molar-refractivity contribution in [1.29, 1.82) is 0 Å². The van der Waals surface area contributed by atoms with E-state index in [1.54, 1.807) is 0 Å². The molecule has 2 aromatic rings. The second kappa shape index (κ2) is 7.68. The maximum absolute atomic E-state index is 13.1. The van der Waals surface area contributed by atoms with E-state index in [0.29, 0.717) is 6.42 Å². The van der Waals surface area contributed by atoms with Gasteiger partial charge in [-0.3, -0.25) is 4.99 Å². The van der Waals surface area contributed by atoms with Gasteiger partial charge in [0.05, 0.1) is 0 Å². The number of carbonyl (C=O) groups excluding carboxylic acids is 1. The van der Waals surface area contributed by atoms with Crippen LogP contribution in [-0.2, 0) is 22.6 Å². The zero-order valence-corrected chi connectivity index (χ0v) is 18.7. The molecule has 0 aromatic heterocycles. The van der Waals surface area contributed by atoms with E-state index in [2.05, 4.69) is 39.8 Å². The molecule has 2 saturated carbocycles. The Kier molecular flexibility index (Phi) is 5.34. The van der Waals surface area contributed by atoms with E-state index in [9.17, 15) is 4.79 Å². The van der Waals surface area contributed by atoms with Gasteiger partial charge >= 0.3 is 5.97 Å². The summed E-state index contributed by atoms with van der Waals surface area (Å²) in [5.41, 5.74) is 3.81. The van der Waals surface area contributed by atoms with Gasteiger partial charge in [0, 0.05) is 17.5 Å². The molecule has 2 fully saturated rings. The number of esters is 1. The number of ether oxygens (including phenoxy) is 1. The monoisotopic (exact) mass is 403 g/mol. The molecule has 3 heteroatoms. The molecule has 30 heavy (non-hydrogen) atoms. The number of carbonyl (C=O) groups is 1.